The monoisotopic (exact) mass is 389 g/mol. The van der Waals surface area contributed by atoms with Gasteiger partial charge in [0.25, 0.3) is 0 Å². The summed E-state index contributed by atoms with van der Waals surface area (Å²) in [5.41, 5.74) is 12.3. The van der Waals surface area contributed by atoms with Gasteiger partial charge in [-0.3, -0.25) is 4.40 Å². The highest BCUT2D eigenvalue weighted by Crippen LogP contribution is 2.38. The van der Waals surface area contributed by atoms with Crippen molar-refractivity contribution in [3.8, 4) is 11.3 Å². The average Bonchev–Trinajstić information content (AvgIpc) is 3.33. The first-order valence-corrected chi connectivity index (χ1v) is 10.3. The minimum atomic E-state index is -0.864. The Kier molecular flexibility index (Phi) is 4.22. The van der Waals surface area contributed by atoms with Crippen LogP contribution in [-0.2, 0) is 5.60 Å². The molecule has 2 atom stereocenters. The zero-order valence-corrected chi connectivity index (χ0v) is 16.9. The van der Waals surface area contributed by atoms with Gasteiger partial charge < -0.3 is 15.8 Å². The first-order chi connectivity index (χ1) is 13.9. The van der Waals surface area contributed by atoms with Gasteiger partial charge in [0.15, 0.2) is 5.65 Å². The Bertz CT molecular complexity index is 1170. The van der Waals surface area contributed by atoms with Gasteiger partial charge in [0, 0.05) is 23.7 Å². The number of imidazole rings is 1. The van der Waals surface area contributed by atoms with Crippen LogP contribution in [0.4, 0.5) is 0 Å². The van der Waals surface area contributed by atoms with Gasteiger partial charge in [0.05, 0.1) is 28.0 Å². The van der Waals surface area contributed by atoms with Gasteiger partial charge in [-0.1, -0.05) is 30.7 Å². The van der Waals surface area contributed by atoms with Gasteiger partial charge >= 0.3 is 0 Å². The number of aromatic amines is 1. The molecule has 29 heavy (non-hydrogen) atoms. The molecule has 1 aliphatic carbocycles. The Hall–Kier alpha value is -2.70. The van der Waals surface area contributed by atoms with E-state index in [1.165, 1.54) is 0 Å². The van der Waals surface area contributed by atoms with Crippen LogP contribution < -0.4 is 5.73 Å². The predicted molar refractivity (Wildman–Crippen MR) is 115 cm³/mol. The number of aliphatic hydroxyl groups is 1. The lowest BCUT2D eigenvalue weighted by molar-refractivity contribution is 0.0786. The van der Waals surface area contributed by atoms with Gasteiger partial charge in [-0.05, 0) is 44.7 Å². The molecule has 6 nitrogen and oxygen atoms in total. The maximum absolute atomic E-state index is 10.3. The molecular weight excluding hydrogens is 362 g/mol. The molecule has 0 aliphatic heterocycles. The van der Waals surface area contributed by atoms with Gasteiger partial charge in [-0.15, -0.1) is 0 Å². The highest BCUT2D eigenvalue weighted by Gasteiger charge is 2.27. The fourth-order valence-electron chi connectivity index (χ4n) is 4.59. The van der Waals surface area contributed by atoms with E-state index in [9.17, 15) is 5.11 Å². The molecule has 1 fully saturated rings. The third kappa shape index (κ3) is 3.12. The van der Waals surface area contributed by atoms with E-state index in [0.717, 1.165) is 64.9 Å². The smallest absolute Gasteiger partial charge is 0.154 e. The summed E-state index contributed by atoms with van der Waals surface area (Å²) in [5.74, 6) is 0.333. The normalized spacial score (nSPS) is 20.6. The summed E-state index contributed by atoms with van der Waals surface area (Å²) in [6.45, 7) is 3.59. The van der Waals surface area contributed by atoms with Gasteiger partial charge in [0.1, 0.15) is 6.33 Å². The number of hydrogen-bond donors (Lipinski definition) is 3. The van der Waals surface area contributed by atoms with Crippen molar-refractivity contribution >= 4 is 16.7 Å². The molecule has 0 saturated heterocycles. The zero-order valence-electron chi connectivity index (χ0n) is 16.9. The van der Waals surface area contributed by atoms with E-state index < -0.39 is 5.60 Å². The summed E-state index contributed by atoms with van der Waals surface area (Å²) in [6.07, 6.45) is 8.08. The Balaban J connectivity index is 1.70. The second-order valence-electron chi connectivity index (χ2n) is 8.78. The van der Waals surface area contributed by atoms with Gasteiger partial charge in [-0.25, -0.2) is 9.97 Å². The number of rotatable bonds is 3. The standard InChI is InChI=1S/C23H27N5O/c1-23(2,29)16-8-6-14(7-9-16)19-21-20(15-4-3-5-17(24)12-15)27-22-18(10-11-25-22)28(21)13-26-19/h6-11,13,15,17,25,29H,3-5,12,24H2,1-2H3/t15-,17-/m1/s1. The molecule has 0 amide bonds. The Labute approximate surface area is 169 Å². The number of fused-ring (bicyclic) bond motifs is 3. The van der Waals surface area contributed by atoms with E-state index in [2.05, 4.69) is 9.38 Å². The number of H-pyrrole nitrogens is 1. The lowest BCUT2D eigenvalue weighted by Crippen LogP contribution is -2.27. The molecule has 4 N–H and O–H groups in total. The van der Waals surface area contributed by atoms with Crippen LogP contribution in [0.25, 0.3) is 27.9 Å². The van der Waals surface area contributed by atoms with Crippen molar-refractivity contribution in [2.24, 2.45) is 5.73 Å². The first kappa shape index (κ1) is 18.3. The van der Waals surface area contributed by atoms with E-state index in [1.807, 2.05) is 42.9 Å². The van der Waals surface area contributed by atoms with E-state index >= 15 is 0 Å². The second kappa shape index (κ2) is 6.68. The van der Waals surface area contributed by atoms with Crippen molar-refractivity contribution < 1.29 is 5.11 Å². The van der Waals surface area contributed by atoms with Crippen LogP contribution in [0.2, 0.25) is 0 Å². The summed E-state index contributed by atoms with van der Waals surface area (Å²) < 4.78 is 2.15. The van der Waals surface area contributed by atoms with Crippen molar-refractivity contribution in [3.05, 3.63) is 54.1 Å². The number of benzene rings is 1. The molecule has 5 rings (SSSR count). The van der Waals surface area contributed by atoms with Crippen LogP contribution in [0.3, 0.4) is 0 Å². The summed E-state index contributed by atoms with van der Waals surface area (Å²) in [7, 11) is 0. The van der Waals surface area contributed by atoms with Crippen LogP contribution in [0.5, 0.6) is 0 Å². The zero-order chi connectivity index (χ0) is 20.2. The molecule has 0 radical (unpaired) electrons. The minimum Gasteiger partial charge on any atom is -0.386 e. The molecule has 3 heterocycles. The molecule has 0 unspecified atom stereocenters. The highest BCUT2D eigenvalue weighted by atomic mass is 16.3. The molecule has 6 heteroatoms. The van der Waals surface area contributed by atoms with Crippen LogP contribution in [0.15, 0.2) is 42.9 Å². The number of hydrogen-bond acceptors (Lipinski definition) is 4. The molecular formula is C23H27N5O. The maximum Gasteiger partial charge on any atom is 0.154 e. The summed E-state index contributed by atoms with van der Waals surface area (Å²) in [5, 5.41) is 10.3. The Morgan fingerprint density at radius 1 is 1.17 bits per heavy atom. The molecule has 0 bridgehead atoms. The van der Waals surface area contributed by atoms with Crippen LogP contribution in [-0.4, -0.2) is 30.5 Å². The van der Waals surface area contributed by atoms with Crippen molar-refractivity contribution in [1.29, 1.82) is 0 Å². The molecule has 4 aromatic rings. The molecule has 1 saturated carbocycles. The molecule has 0 spiro atoms. The van der Waals surface area contributed by atoms with Gasteiger partial charge in [0.2, 0.25) is 0 Å². The highest BCUT2D eigenvalue weighted by molar-refractivity contribution is 5.86. The molecule has 150 valence electrons. The fourth-order valence-corrected chi connectivity index (χ4v) is 4.59. The van der Waals surface area contributed by atoms with E-state index in [4.69, 9.17) is 15.7 Å². The van der Waals surface area contributed by atoms with Crippen molar-refractivity contribution in [2.45, 2.75) is 57.1 Å². The lowest BCUT2D eigenvalue weighted by Gasteiger charge is -2.27. The Morgan fingerprint density at radius 2 is 1.97 bits per heavy atom. The quantitative estimate of drug-likeness (QED) is 0.492. The number of nitrogens with two attached hydrogens (primary N) is 1. The fraction of sp³-hybridized carbons (Fsp3) is 0.391. The summed E-state index contributed by atoms with van der Waals surface area (Å²) in [4.78, 5) is 13.1. The third-order valence-corrected chi connectivity index (χ3v) is 6.17. The van der Waals surface area contributed by atoms with Crippen molar-refractivity contribution in [2.75, 3.05) is 0 Å². The molecule has 1 aromatic carbocycles. The number of nitrogens with one attached hydrogen (secondary N) is 1. The van der Waals surface area contributed by atoms with Crippen molar-refractivity contribution in [3.63, 3.8) is 0 Å². The van der Waals surface area contributed by atoms with Crippen LogP contribution in [0, 0.1) is 0 Å². The van der Waals surface area contributed by atoms with E-state index in [1.54, 1.807) is 13.8 Å². The van der Waals surface area contributed by atoms with Crippen LogP contribution >= 0.6 is 0 Å². The topological polar surface area (TPSA) is 92.2 Å². The predicted octanol–water partition coefficient (Wildman–Crippen LogP) is 4.09. The third-order valence-electron chi connectivity index (χ3n) is 6.17. The molecule has 3 aromatic heterocycles. The number of nitrogens with zero attached hydrogens (tertiary/aromatic N) is 3. The minimum absolute atomic E-state index is 0.229. The SMILES string of the molecule is CC(C)(O)c1ccc(-c2ncn3c2c([C@@H]2CCC[C@@H](N)C2)nc2[nH]ccc23)cc1. The Morgan fingerprint density at radius 3 is 2.69 bits per heavy atom. The maximum atomic E-state index is 10.3. The second-order valence-corrected chi connectivity index (χ2v) is 8.78. The average molecular weight is 390 g/mol. The summed E-state index contributed by atoms with van der Waals surface area (Å²) in [6, 6.07) is 10.3. The molecule has 1 aliphatic rings. The van der Waals surface area contributed by atoms with E-state index in [-0.39, 0.29) is 6.04 Å². The first-order valence-electron chi connectivity index (χ1n) is 10.3. The summed E-state index contributed by atoms with van der Waals surface area (Å²) >= 11 is 0. The van der Waals surface area contributed by atoms with E-state index in [0.29, 0.717) is 5.92 Å². The lowest BCUT2D eigenvalue weighted by atomic mass is 9.83. The van der Waals surface area contributed by atoms with Gasteiger partial charge in [-0.2, -0.15) is 0 Å². The van der Waals surface area contributed by atoms with Crippen molar-refractivity contribution in [1.82, 2.24) is 19.4 Å². The largest absolute Gasteiger partial charge is 0.386 e. The van der Waals surface area contributed by atoms with Crippen LogP contribution in [0.1, 0.15) is 56.7 Å². The number of aromatic nitrogens is 4.